The van der Waals surface area contributed by atoms with Crippen LogP contribution in [0.5, 0.6) is 0 Å². The van der Waals surface area contributed by atoms with Crippen molar-refractivity contribution in [2.24, 2.45) is 0 Å². The molecule has 2 aromatic rings. The second-order valence-electron chi connectivity index (χ2n) is 6.71. The molecule has 0 radical (unpaired) electrons. The van der Waals surface area contributed by atoms with Crippen molar-refractivity contribution in [1.82, 2.24) is 10.2 Å². The summed E-state index contributed by atoms with van der Waals surface area (Å²) in [6.07, 6.45) is -2.69. The second-order valence-corrected chi connectivity index (χ2v) is 6.71. The molecule has 0 saturated carbocycles. The number of alkyl halides is 3. The quantitative estimate of drug-likeness (QED) is 0.825. The Hall–Kier alpha value is -2.54. The molecule has 144 valence electrons. The maximum absolute atomic E-state index is 12.6. The highest BCUT2D eigenvalue weighted by Crippen LogP contribution is 2.29. The fraction of sp³-hybridized carbons (Fsp3) is 0.350. The van der Waals surface area contributed by atoms with Crippen LogP contribution in [0.3, 0.4) is 0 Å². The number of anilines is 1. The van der Waals surface area contributed by atoms with Gasteiger partial charge in [0.25, 0.3) is 0 Å². The maximum atomic E-state index is 12.6. The molecule has 0 bridgehead atoms. The van der Waals surface area contributed by atoms with E-state index in [4.69, 9.17) is 0 Å². The van der Waals surface area contributed by atoms with Gasteiger partial charge in [-0.3, -0.25) is 4.90 Å². The number of likely N-dealkylation sites (tertiary alicyclic amines) is 1. The first-order valence-corrected chi connectivity index (χ1v) is 8.91. The zero-order chi connectivity index (χ0) is 19.3. The normalized spacial score (nSPS) is 16.1. The van der Waals surface area contributed by atoms with Gasteiger partial charge in [-0.1, -0.05) is 30.3 Å². The first-order chi connectivity index (χ1) is 12.9. The predicted octanol–water partition coefficient (Wildman–Crippen LogP) is 4.49. The number of carbonyl (C=O) groups excluding carboxylic acids is 1. The van der Waals surface area contributed by atoms with E-state index in [-0.39, 0.29) is 12.1 Å². The van der Waals surface area contributed by atoms with Crippen LogP contribution < -0.4 is 10.6 Å². The summed E-state index contributed by atoms with van der Waals surface area (Å²) in [5, 5.41) is 5.78. The number of amides is 2. The van der Waals surface area contributed by atoms with Gasteiger partial charge in [-0.25, -0.2) is 4.79 Å². The van der Waals surface area contributed by atoms with E-state index in [1.54, 1.807) is 0 Å². The van der Waals surface area contributed by atoms with Gasteiger partial charge in [0.2, 0.25) is 0 Å². The average Bonchev–Trinajstić information content (AvgIpc) is 2.64. The van der Waals surface area contributed by atoms with Crippen molar-refractivity contribution < 1.29 is 18.0 Å². The Labute approximate surface area is 156 Å². The first-order valence-electron chi connectivity index (χ1n) is 8.91. The van der Waals surface area contributed by atoms with Crippen molar-refractivity contribution in [3.8, 4) is 0 Å². The Morgan fingerprint density at radius 3 is 2.22 bits per heavy atom. The molecular formula is C20H22F3N3O. The predicted molar refractivity (Wildman–Crippen MR) is 98.3 cm³/mol. The van der Waals surface area contributed by atoms with Crippen LogP contribution in [0.2, 0.25) is 0 Å². The van der Waals surface area contributed by atoms with Crippen molar-refractivity contribution >= 4 is 11.7 Å². The molecule has 4 nitrogen and oxygen atoms in total. The molecule has 1 aliphatic heterocycles. The van der Waals surface area contributed by atoms with E-state index in [0.29, 0.717) is 6.54 Å². The van der Waals surface area contributed by atoms with Gasteiger partial charge in [0.1, 0.15) is 0 Å². The molecule has 2 N–H and O–H groups in total. The van der Waals surface area contributed by atoms with Gasteiger partial charge in [-0.2, -0.15) is 13.2 Å². The highest BCUT2D eigenvalue weighted by atomic mass is 19.4. The molecular weight excluding hydrogens is 355 g/mol. The lowest BCUT2D eigenvalue weighted by Crippen LogP contribution is -2.45. The number of hydrogen-bond acceptors (Lipinski definition) is 2. The number of urea groups is 1. The Morgan fingerprint density at radius 2 is 1.63 bits per heavy atom. The van der Waals surface area contributed by atoms with Gasteiger partial charge in [0.05, 0.1) is 5.56 Å². The SMILES string of the molecule is O=C(Nc1ccccc1)NC1CCN(Cc2ccc(C(F)(F)F)cc2)CC1. The van der Waals surface area contributed by atoms with Crippen molar-refractivity contribution in [2.75, 3.05) is 18.4 Å². The van der Waals surface area contributed by atoms with Gasteiger partial charge >= 0.3 is 12.2 Å². The summed E-state index contributed by atoms with van der Waals surface area (Å²) in [6, 6.07) is 14.4. The third-order valence-corrected chi connectivity index (χ3v) is 4.64. The molecule has 0 atom stereocenters. The fourth-order valence-electron chi connectivity index (χ4n) is 3.17. The Bertz CT molecular complexity index is 739. The molecule has 1 fully saturated rings. The topological polar surface area (TPSA) is 44.4 Å². The number of benzene rings is 2. The molecule has 1 aliphatic rings. The van der Waals surface area contributed by atoms with Gasteiger partial charge in [-0.15, -0.1) is 0 Å². The molecule has 0 spiro atoms. The highest BCUT2D eigenvalue weighted by Gasteiger charge is 2.30. The molecule has 2 aromatic carbocycles. The molecule has 27 heavy (non-hydrogen) atoms. The molecule has 7 heteroatoms. The smallest absolute Gasteiger partial charge is 0.335 e. The zero-order valence-electron chi connectivity index (χ0n) is 14.8. The molecule has 0 aromatic heterocycles. The van der Waals surface area contributed by atoms with Gasteiger partial charge in [-0.05, 0) is 42.7 Å². The standard InChI is InChI=1S/C20H22F3N3O/c21-20(22,23)16-8-6-15(7-9-16)14-26-12-10-18(11-13-26)25-19(27)24-17-4-2-1-3-5-17/h1-9,18H,10-14H2,(H2,24,25,27). The summed E-state index contributed by atoms with van der Waals surface area (Å²) in [6.45, 7) is 2.19. The fourth-order valence-corrected chi connectivity index (χ4v) is 3.17. The van der Waals surface area contributed by atoms with Crippen LogP contribution in [-0.4, -0.2) is 30.1 Å². The molecule has 1 saturated heterocycles. The number of nitrogens with zero attached hydrogens (tertiary/aromatic N) is 1. The van der Waals surface area contributed by atoms with Crippen LogP contribution in [0.15, 0.2) is 54.6 Å². The Morgan fingerprint density at radius 1 is 1.00 bits per heavy atom. The molecule has 0 unspecified atom stereocenters. The lowest BCUT2D eigenvalue weighted by molar-refractivity contribution is -0.137. The van der Waals surface area contributed by atoms with Crippen LogP contribution in [0, 0.1) is 0 Å². The minimum Gasteiger partial charge on any atom is -0.335 e. The van der Waals surface area contributed by atoms with Gasteiger partial charge in [0.15, 0.2) is 0 Å². The Kier molecular flexibility index (Phi) is 6.01. The second kappa shape index (κ2) is 8.43. The van der Waals surface area contributed by atoms with E-state index in [0.717, 1.165) is 49.3 Å². The van der Waals surface area contributed by atoms with Crippen molar-refractivity contribution in [2.45, 2.75) is 31.6 Å². The Balaban J connectivity index is 1.43. The summed E-state index contributed by atoms with van der Waals surface area (Å²) in [5.41, 5.74) is 0.976. The van der Waals surface area contributed by atoms with Crippen molar-refractivity contribution in [1.29, 1.82) is 0 Å². The van der Waals surface area contributed by atoms with Crippen molar-refractivity contribution in [3.05, 3.63) is 65.7 Å². The lowest BCUT2D eigenvalue weighted by atomic mass is 10.0. The largest absolute Gasteiger partial charge is 0.416 e. The molecule has 2 amide bonds. The minimum absolute atomic E-state index is 0.0950. The van der Waals surface area contributed by atoms with Crippen molar-refractivity contribution in [3.63, 3.8) is 0 Å². The third-order valence-electron chi connectivity index (χ3n) is 4.64. The number of piperidine rings is 1. The number of hydrogen-bond donors (Lipinski definition) is 2. The lowest BCUT2D eigenvalue weighted by Gasteiger charge is -2.32. The summed E-state index contributed by atoms with van der Waals surface area (Å²) in [4.78, 5) is 14.2. The number of para-hydroxylation sites is 1. The van der Waals surface area contributed by atoms with Gasteiger partial charge in [0, 0.05) is 31.4 Å². The number of nitrogens with one attached hydrogen (secondary N) is 2. The van der Waals surface area contributed by atoms with Crippen LogP contribution in [0.25, 0.3) is 0 Å². The number of halogens is 3. The van der Waals surface area contributed by atoms with Crippen LogP contribution >= 0.6 is 0 Å². The number of rotatable bonds is 4. The first kappa shape index (κ1) is 19.2. The summed E-state index contributed by atoms with van der Waals surface area (Å²) in [7, 11) is 0. The van der Waals surface area contributed by atoms with Gasteiger partial charge < -0.3 is 10.6 Å². The minimum atomic E-state index is -4.30. The van der Waals surface area contributed by atoms with E-state index < -0.39 is 11.7 Å². The highest BCUT2D eigenvalue weighted by molar-refractivity contribution is 5.89. The maximum Gasteiger partial charge on any atom is 0.416 e. The summed E-state index contributed by atoms with van der Waals surface area (Å²) < 4.78 is 37.8. The zero-order valence-corrected chi connectivity index (χ0v) is 14.8. The van der Waals surface area contributed by atoms with E-state index in [9.17, 15) is 18.0 Å². The molecule has 1 heterocycles. The van der Waals surface area contributed by atoms with E-state index in [2.05, 4.69) is 15.5 Å². The van der Waals surface area contributed by atoms with Crippen LogP contribution in [-0.2, 0) is 12.7 Å². The summed E-state index contributed by atoms with van der Waals surface area (Å²) >= 11 is 0. The molecule has 3 rings (SSSR count). The summed E-state index contributed by atoms with van der Waals surface area (Å²) in [5.74, 6) is 0. The third kappa shape index (κ3) is 5.72. The van der Waals surface area contributed by atoms with E-state index >= 15 is 0 Å². The number of carbonyl (C=O) groups is 1. The van der Waals surface area contributed by atoms with E-state index in [1.165, 1.54) is 12.1 Å². The van der Waals surface area contributed by atoms with Crippen LogP contribution in [0.4, 0.5) is 23.7 Å². The van der Waals surface area contributed by atoms with Crippen LogP contribution in [0.1, 0.15) is 24.0 Å². The molecule has 0 aliphatic carbocycles. The monoisotopic (exact) mass is 377 g/mol. The average molecular weight is 377 g/mol. The van der Waals surface area contributed by atoms with E-state index in [1.807, 2.05) is 30.3 Å².